The van der Waals surface area contributed by atoms with E-state index in [-0.39, 0.29) is 31.3 Å². The van der Waals surface area contributed by atoms with Gasteiger partial charge in [0.1, 0.15) is 11.6 Å². The lowest BCUT2D eigenvalue weighted by Gasteiger charge is -2.17. The zero-order valence-corrected chi connectivity index (χ0v) is 18.4. The highest BCUT2D eigenvalue weighted by Crippen LogP contribution is 2.30. The van der Waals surface area contributed by atoms with Gasteiger partial charge in [-0.2, -0.15) is 18.3 Å². The lowest BCUT2D eigenvalue weighted by molar-refractivity contribution is -0.137. The van der Waals surface area contributed by atoms with E-state index in [2.05, 4.69) is 10.4 Å². The van der Waals surface area contributed by atoms with Gasteiger partial charge in [0.2, 0.25) is 11.8 Å². The molecule has 10 heteroatoms. The summed E-state index contributed by atoms with van der Waals surface area (Å²) in [6, 6.07) is 13.5. The minimum Gasteiger partial charge on any atom is -0.494 e. The number of anilines is 2. The smallest absolute Gasteiger partial charge is 0.416 e. The summed E-state index contributed by atoms with van der Waals surface area (Å²) in [5.41, 5.74) is 0.564. The van der Waals surface area contributed by atoms with Crippen LogP contribution in [0.3, 0.4) is 0 Å². The van der Waals surface area contributed by atoms with Crippen molar-refractivity contribution in [2.75, 3.05) is 23.4 Å². The van der Waals surface area contributed by atoms with E-state index < -0.39 is 17.7 Å². The molecule has 1 N–H and O–H groups in total. The summed E-state index contributed by atoms with van der Waals surface area (Å²) in [4.78, 5) is 27.0. The number of benzene rings is 2. The zero-order chi connectivity index (χ0) is 24.3. The number of carbonyl (C=O) groups is 2. The number of nitrogens with zero attached hydrogens (tertiary/aromatic N) is 3. The van der Waals surface area contributed by atoms with E-state index in [4.69, 9.17) is 4.74 Å². The average molecular weight is 472 g/mol. The minimum atomic E-state index is -4.40. The molecule has 1 aliphatic rings. The third-order valence-electron chi connectivity index (χ3n) is 5.54. The Morgan fingerprint density at radius 1 is 1.12 bits per heavy atom. The fraction of sp³-hybridized carbons (Fsp3) is 0.292. The largest absolute Gasteiger partial charge is 0.494 e. The molecule has 178 valence electrons. The first-order chi connectivity index (χ1) is 16.2. The Hall–Kier alpha value is -3.82. The lowest BCUT2D eigenvalue weighted by atomic mass is 10.1. The lowest BCUT2D eigenvalue weighted by Crippen LogP contribution is -2.28. The van der Waals surface area contributed by atoms with E-state index in [1.165, 1.54) is 23.0 Å². The van der Waals surface area contributed by atoms with Crippen LogP contribution in [0, 0.1) is 5.92 Å². The molecule has 0 aliphatic carbocycles. The van der Waals surface area contributed by atoms with Crippen molar-refractivity contribution in [2.45, 2.75) is 26.1 Å². The van der Waals surface area contributed by atoms with Crippen LogP contribution in [0.2, 0.25) is 0 Å². The number of ether oxygens (including phenoxy) is 1. The van der Waals surface area contributed by atoms with E-state index in [1.54, 1.807) is 35.2 Å². The van der Waals surface area contributed by atoms with E-state index >= 15 is 0 Å². The van der Waals surface area contributed by atoms with Gasteiger partial charge in [0.15, 0.2) is 0 Å². The van der Waals surface area contributed by atoms with Crippen LogP contribution in [0.5, 0.6) is 5.75 Å². The van der Waals surface area contributed by atoms with Gasteiger partial charge in [-0.25, -0.2) is 4.68 Å². The van der Waals surface area contributed by atoms with Crippen LogP contribution >= 0.6 is 0 Å². The molecule has 1 fully saturated rings. The predicted molar refractivity (Wildman–Crippen MR) is 119 cm³/mol. The Morgan fingerprint density at radius 2 is 1.82 bits per heavy atom. The molecule has 34 heavy (non-hydrogen) atoms. The van der Waals surface area contributed by atoms with Gasteiger partial charge in [-0.05, 0) is 48.9 Å². The molecule has 4 rings (SSSR count). The van der Waals surface area contributed by atoms with Crippen molar-refractivity contribution in [2.24, 2.45) is 5.92 Å². The summed E-state index contributed by atoms with van der Waals surface area (Å²) in [6.45, 7) is 2.85. The summed E-state index contributed by atoms with van der Waals surface area (Å²) in [7, 11) is 0. The second-order valence-corrected chi connectivity index (χ2v) is 7.89. The standard InChI is InChI=1S/C24H23F3N4O3/c1-2-34-20-9-7-19(8-10-20)30-15-17(13-22(30)32)23(33)29-21-11-12-28-31(21)14-16-3-5-18(6-4-16)24(25,26)27/h3-12,17H,2,13-15H2,1H3,(H,29,33)/t17-/m0/s1. The molecule has 1 aromatic heterocycles. The number of hydrogen-bond donors (Lipinski definition) is 1. The molecule has 0 bridgehead atoms. The molecule has 2 aromatic carbocycles. The van der Waals surface area contributed by atoms with Crippen molar-refractivity contribution in [1.29, 1.82) is 0 Å². The number of amides is 2. The van der Waals surface area contributed by atoms with Crippen LogP contribution in [0.25, 0.3) is 0 Å². The van der Waals surface area contributed by atoms with Gasteiger partial charge in [0.25, 0.3) is 0 Å². The molecule has 0 spiro atoms. The summed E-state index contributed by atoms with van der Waals surface area (Å²) in [5, 5.41) is 6.94. The molecule has 0 saturated carbocycles. The second kappa shape index (κ2) is 9.58. The first kappa shape index (κ1) is 23.3. The highest BCUT2D eigenvalue weighted by atomic mass is 19.4. The Kier molecular flexibility index (Phi) is 6.58. The maximum atomic E-state index is 12.9. The molecule has 3 aromatic rings. The Balaban J connectivity index is 1.39. The van der Waals surface area contributed by atoms with Gasteiger partial charge >= 0.3 is 6.18 Å². The fourth-order valence-corrected chi connectivity index (χ4v) is 3.79. The number of hydrogen-bond acceptors (Lipinski definition) is 4. The highest BCUT2D eigenvalue weighted by Gasteiger charge is 2.35. The number of rotatable bonds is 7. The van der Waals surface area contributed by atoms with Gasteiger partial charge in [0, 0.05) is 24.7 Å². The Morgan fingerprint density at radius 3 is 2.47 bits per heavy atom. The molecular formula is C24H23F3N4O3. The zero-order valence-electron chi connectivity index (χ0n) is 18.4. The minimum absolute atomic E-state index is 0.0755. The third kappa shape index (κ3) is 5.22. The van der Waals surface area contributed by atoms with Crippen molar-refractivity contribution in [1.82, 2.24) is 9.78 Å². The van der Waals surface area contributed by atoms with Crippen LogP contribution in [-0.2, 0) is 22.3 Å². The van der Waals surface area contributed by atoms with Crippen LogP contribution in [0.4, 0.5) is 24.7 Å². The normalized spacial score (nSPS) is 16.1. The molecule has 0 unspecified atom stereocenters. The predicted octanol–water partition coefficient (Wildman–Crippen LogP) is 4.34. The Bertz CT molecular complexity index is 1160. The Labute approximate surface area is 194 Å². The molecule has 1 saturated heterocycles. The number of alkyl halides is 3. The van der Waals surface area contributed by atoms with Crippen molar-refractivity contribution in [3.63, 3.8) is 0 Å². The van der Waals surface area contributed by atoms with E-state index in [1.807, 2.05) is 6.92 Å². The van der Waals surface area contributed by atoms with E-state index in [0.29, 0.717) is 29.4 Å². The van der Waals surface area contributed by atoms with Crippen LogP contribution < -0.4 is 15.0 Å². The second-order valence-electron chi connectivity index (χ2n) is 7.89. The van der Waals surface area contributed by atoms with E-state index in [0.717, 1.165) is 12.1 Å². The van der Waals surface area contributed by atoms with Gasteiger partial charge in [0.05, 0.1) is 30.8 Å². The molecule has 1 aliphatic heterocycles. The maximum Gasteiger partial charge on any atom is 0.416 e. The quantitative estimate of drug-likeness (QED) is 0.555. The highest BCUT2D eigenvalue weighted by molar-refractivity contribution is 6.03. The molecule has 7 nitrogen and oxygen atoms in total. The number of aromatic nitrogens is 2. The van der Waals surface area contributed by atoms with Gasteiger partial charge in [-0.1, -0.05) is 12.1 Å². The topological polar surface area (TPSA) is 76.5 Å². The van der Waals surface area contributed by atoms with Crippen molar-refractivity contribution in [3.8, 4) is 5.75 Å². The van der Waals surface area contributed by atoms with Gasteiger partial charge < -0.3 is 15.0 Å². The SMILES string of the molecule is CCOc1ccc(N2C[C@@H](C(=O)Nc3ccnn3Cc3ccc(C(F)(F)F)cc3)CC2=O)cc1. The van der Waals surface area contributed by atoms with Crippen molar-refractivity contribution < 1.29 is 27.5 Å². The molecule has 1 atom stereocenters. The summed E-state index contributed by atoms with van der Waals surface area (Å²) in [6.07, 6.45) is -2.83. The first-order valence-corrected chi connectivity index (χ1v) is 10.8. The number of halogens is 3. The molecule has 2 amide bonds. The van der Waals surface area contributed by atoms with E-state index in [9.17, 15) is 22.8 Å². The summed E-state index contributed by atoms with van der Waals surface area (Å²) >= 11 is 0. The molecule has 0 radical (unpaired) electrons. The molecule has 2 heterocycles. The van der Waals surface area contributed by atoms with Gasteiger partial charge in [-0.3, -0.25) is 9.59 Å². The van der Waals surface area contributed by atoms with Crippen LogP contribution in [0.15, 0.2) is 60.8 Å². The fourth-order valence-electron chi connectivity index (χ4n) is 3.79. The average Bonchev–Trinajstić information content (AvgIpc) is 3.40. The van der Waals surface area contributed by atoms with Crippen molar-refractivity contribution in [3.05, 3.63) is 71.9 Å². The maximum absolute atomic E-state index is 12.9. The summed E-state index contributed by atoms with van der Waals surface area (Å²) < 4.78 is 45.2. The van der Waals surface area contributed by atoms with Crippen molar-refractivity contribution >= 4 is 23.3 Å². The van der Waals surface area contributed by atoms with Crippen LogP contribution in [-0.4, -0.2) is 34.7 Å². The molecular weight excluding hydrogens is 449 g/mol. The van der Waals surface area contributed by atoms with Gasteiger partial charge in [-0.15, -0.1) is 0 Å². The third-order valence-corrected chi connectivity index (χ3v) is 5.54. The monoisotopic (exact) mass is 472 g/mol. The summed E-state index contributed by atoms with van der Waals surface area (Å²) in [5.74, 6) is 0.0809. The first-order valence-electron chi connectivity index (χ1n) is 10.8. The van der Waals surface area contributed by atoms with Crippen LogP contribution in [0.1, 0.15) is 24.5 Å². The number of carbonyl (C=O) groups excluding carboxylic acids is 2. The number of nitrogens with one attached hydrogen (secondary N) is 1.